The van der Waals surface area contributed by atoms with Crippen molar-refractivity contribution in [2.24, 2.45) is 23.0 Å². The summed E-state index contributed by atoms with van der Waals surface area (Å²) in [4.78, 5) is 30.8. The lowest BCUT2D eigenvalue weighted by molar-refractivity contribution is -0.154. The normalized spacial score (nSPS) is 29.5. The molecule has 202 valence electrons. The fourth-order valence-electron chi connectivity index (χ4n) is 4.66. The molecule has 7 nitrogen and oxygen atoms in total. The van der Waals surface area contributed by atoms with Gasteiger partial charge in [-0.1, -0.05) is 39.3 Å². The van der Waals surface area contributed by atoms with Gasteiger partial charge >= 0.3 is 5.97 Å². The van der Waals surface area contributed by atoms with Gasteiger partial charge in [-0.2, -0.15) is 0 Å². The maximum Gasteiger partial charge on any atom is 0.309 e. The number of carbonyl (C=O) groups excluding carboxylic acids is 2. The molecule has 0 saturated heterocycles. The van der Waals surface area contributed by atoms with Gasteiger partial charge in [-0.25, -0.2) is 4.98 Å². The molecule has 2 heterocycles. The number of rotatable bonds is 4. The summed E-state index contributed by atoms with van der Waals surface area (Å²) >= 11 is 1.48. The average molecular weight is 521 g/mol. The average Bonchev–Trinajstić information content (AvgIpc) is 3.28. The highest BCUT2D eigenvalue weighted by molar-refractivity contribution is 7.09. The quantitative estimate of drug-likeness (QED) is 0.385. The number of aliphatic hydroxyl groups is 2. The molecule has 36 heavy (non-hydrogen) atoms. The Morgan fingerprint density at radius 3 is 2.64 bits per heavy atom. The molecule has 4 N–H and O–H groups in total. The van der Waals surface area contributed by atoms with Gasteiger partial charge in [-0.05, 0) is 57.1 Å². The first kappa shape index (κ1) is 30.4. The van der Waals surface area contributed by atoms with E-state index in [0.717, 1.165) is 35.5 Å². The molecular formula is C28H44N2O5S. The summed E-state index contributed by atoms with van der Waals surface area (Å²) in [5.74, 6) is -1.44. The Labute approximate surface area is 219 Å². The van der Waals surface area contributed by atoms with Crippen molar-refractivity contribution in [1.82, 2.24) is 4.98 Å². The van der Waals surface area contributed by atoms with Gasteiger partial charge < -0.3 is 20.7 Å². The number of ether oxygens (including phenoxy) is 1. The molecular weight excluding hydrogens is 476 g/mol. The molecule has 5 atom stereocenters. The van der Waals surface area contributed by atoms with Crippen LogP contribution >= 0.6 is 11.3 Å². The predicted molar refractivity (Wildman–Crippen MR) is 144 cm³/mol. The van der Waals surface area contributed by atoms with Crippen molar-refractivity contribution in [1.29, 1.82) is 0 Å². The number of aliphatic hydroxyl groups excluding tert-OH is 2. The van der Waals surface area contributed by atoms with Gasteiger partial charge in [0.2, 0.25) is 0 Å². The molecule has 1 aliphatic heterocycles. The minimum atomic E-state index is -1.23. The van der Waals surface area contributed by atoms with E-state index in [1.54, 1.807) is 13.8 Å². The van der Waals surface area contributed by atoms with Crippen LogP contribution in [-0.4, -0.2) is 45.3 Å². The van der Waals surface area contributed by atoms with Crippen LogP contribution in [0.3, 0.4) is 0 Å². The van der Waals surface area contributed by atoms with E-state index in [1.165, 1.54) is 16.9 Å². The molecule has 8 heteroatoms. The van der Waals surface area contributed by atoms with Crippen molar-refractivity contribution in [3.63, 3.8) is 0 Å². The molecule has 0 fully saturated rings. The minimum absolute atomic E-state index is 0.0491. The lowest BCUT2D eigenvalue weighted by atomic mass is 9.71. The molecule has 1 aliphatic rings. The van der Waals surface area contributed by atoms with Crippen LogP contribution in [0.5, 0.6) is 0 Å². The van der Waals surface area contributed by atoms with Gasteiger partial charge in [0.05, 0.1) is 29.7 Å². The number of nitrogens with two attached hydrogens (primary N) is 1. The van der Waals surface area contributed by atoms with E-state index in [4.69, 9.17) is 10.5 Å². The second-order valence-corrected chi connectivity index (χ2v) is 11.6. The Balaban J connectivity index is 2.35. The van der Waals surface area contributed by atoms with Crippen LogP contribution in [0.4, 0.5) is 0 Å². The van der Waals surface area contributed by atoms with E-state index in [2.05, 4.69) is 18.0 Å². The van der Waals surface area contributed by atoms with Crippen LogP contribution in [0.15, 0.2) is 22.6 Å². The molecule has 0 bridgehead atoms. The van der Waals surface area contributed by atoms with E-state index in [1.807, 2.05) is 32.2 Å². The number of thiazole rings is 1. The minimum Gasteiger partial charge on any atom is -0.457 e. The summed E-state index contributed by atoms with van der Waals surface area (Å²) < 4.78 is 5.84. The van der Waals surface area contributed by atoms with Crippen molar-refractivity contribution >= 4 is 29.2 Å². The van der Waals surface area contributed by atoms with Crippen molar-refractivity contribution in [3.05, 3.63) is 33.3 Å². The van der Waals surface area contributed by atoms with Crippen molar-refractivity contribution in [2.75, 3.05) is 0 Å². The maximum absolute atomic E-state index is 13.4. The Morgan fingerprint density at radius 2 is 2.03 bits per heavy atom. The Bertz CT molecular complexity index is 951. The van der Waals surface area contributed by atoms with Crippen molar-refractivity contribution < 1.29 is 24.5 Å². The van der Waals surface area contributed by atoms with Crippen LogP contribution in [0, 0.1) is 17.3 Å². The second-order valence-electron chi connectivity index (χ2n) is 10.7. The Morgan fingerprint density at radius 1 is 1.33 bits per heavy atom. The van der Waals surface area contributed by atoms with E-state index in [9.17, 15) is 19.8 Å². The van der Waals surface area contributed by atoms with Crippen molar-refractivity contribution in [3.8, 4) is 0 Å². The molecule has 0 aromatic carbocycles. The van der Waals surface area contributed by atoms with Gasteiger partial charge in [-0.15, -0.1) is 11.3 Å². The predicted octanol–water partition coefficient (Wildman–Crippen LogP) is 4.81. The number of hydrogen-bond acceptors (Lipinski definition) is 8. The number of hydrogen-bond donors (Lipinski definition) is 3. The topological polar surface area (TPSA) is 123 Å². The molecule has 0 amide bonds. The monoisotopic (exact) mass is 520 g/mol. The lowest BCUT2D eigenvalue weighted by Gasteiger charge is -2.35. The van der Waals surface area contributed by atoms with Gasteiger partial charge in [0.1, 0.15) is 16.9 Å². The molecule has 2 rings (SSSR count). The summed E-state index contributed by atoms with van der Waals surface area (Å²) in [6.07, 6.45) is 4.67. The van der Waals surface area contributed by atoms with Gasteiger partial charge in [0.15, 0.2) is 0 Å². The maximum atomic E-state index is 13.4. The van der Waals surface area contributed by atoms with Crippen molar-refractivity contribution in [2.45, 2.75) is 105 Å². The molecule has 1 aromatic rings. The smallest absolute Gasteiger partial charge is 0.309 e. The number of Topliss-reactive ketones (excluding diaryl/α,β-unsaturated/α-hetero) is 1. The van der Waals surface area contributed by atoms with Gasteiger partial charge in [0, 0.05) is 24.3 Å². The summed E-state index contributed by atoms with van der Waals surface area (Å²) in [7, 11) is 0. The largest absolute Gasteiger partial charge is 0.457 e. The van der Waals surface area contributed by atoms with Crippen LogP contribution < -0.4 is 5.73 Å². The van der Waals surface area contributed by atoms with Crippen LogP contribution in [0.2, 0.25) is 0 Å². The van der Waals surface area contributed by atoms with E-state index in [-0.39, 0.29) is 18.1 Å². The van der Waals surface area contributed by atoms with E-state index >= 15 is 0 Å². The fraction of sp³-hybridized carbons (Fsp3) is 0.679. The molecule has 1 aromatic heterocycles. The van der Waals surface area contributed by atoms with Gasteiger partial charge in [0.25, 0.3) is 0 Å². The van der Waals surface area contributed by atoms with E-state index in [0.29, 0.717) is 19.4 Å². The standard InChI is InChI=1S/C28H44N2O5S/c1-7-21-26(33)18(3)10-8-9-17(2)11-12-22(19(4)13-20-16-36-24(15-29)30-20)35-25(32)14-23(31)28(5,6)27(21)34/h11,13,16,18,21-23,26,31,33H,7-10,12,14-15,29H2,1-6H3. The van der Waals surface area contributed by atoms with Crippen LogP contribution in [0.1, 0.15) is 90.8 Å². The molecule has 0 saturated carbocycles. The SMILES string of the molecule is CCC1C(=O)C(C)(C)C(O)CC(=O)OC(C(C)=Cc2csc(CN)n2)CC=C(C)CCCC(C)C1O. The summed E-state index contributed by atoms with van der Waals surface area (Å²) in [6.45, 7) is 11.5. The lowest BCUT2D eigenvalue weighted by Crippen LogP contribution is -2.46. The highest BCUT2D eigenvalue weighted by Crippen LogP contribution is 2.34. The number of carbonyl (C=O) groups is 2. The molecule has 5 unspecified atom stereocenters. The molecule has 0 spiro atoms. The third-order valence-electron chi connectivity index (χ3n) is 7.41. The number of allylic oxidation sites excluding steroid dienone is 1. The Hall–Kier alpha value is -1.87. The third-order valence-corrected chi connectivity index (χ3v) is 8.30. The number of nitrogens with zero attached hydrogens (tertiary/aromatic N) is 1. The highest BCUT2D eigenvalue weighted by Gasteiger charge is 2.43. The number of aromatic nitrogens is 1. The summed E-state index contributed by atoms with van der Waals surface area (Å²) in [5.41, 5.74) is 7.27. The Kier molecular flexibility index (Phi) is 11.5. The number of ketones is 1. The second kappa shape index (κ2) is 13.6. The zero-order chi connectivity index (χ0) is 27.0. The highest BCUT2D eigenvalue weighted by atomic mass is 32.1. The van der Waals surface area contributed by atoms with E-state index < -0.39 is 35.6 Å². The molecule has 0 radical (unpaired) electrons. The molecule has 0 aliphatic carbocycles. The number of cyclic esters (lactones) is 1. The summed E-state index contributed by atoms with van der Waals surface area (Å²) in [5, 5.41) is 24.6. The fourth-order valence-corrected chi connectivity index (χ4v) is 5.29. The third kappa shape index (κ3) is 8.07. The van der Waals surface area contributed by atoms with Crippen LogP contribution in [-0.2, 0) is 20.9 Å². The first-order valence-corrected chi connectivity index (χ1v) is 13.9. The summed E-state index contributed by atoms with van der Waals surface area (Å²) in [6, 6.07) is 0. The van der Waals surface area contributed by atoms with Gasteiger partial charge in [-0.3, -0.25) is 9.59 Å². The number of esters is 1. The first-order chi connectivity index (χ1) is 16.9. The zero-order valence-electron chi connectivity index (χ0n) is 22.6. The van der Waals surface area contributed by atoms with Crippen LogP contribution in [0.25, 0.3) is 6.08 Å². The zero-order valence-corrected chi connectivity index (χ0v) is 23.4. The first-order valence-electron chi connectivity index (χ1n) is 13.0.